The van der Waals surface area contributed by atoms with E-state index in [9.17, 15) is 10.1 Å². The standard InChI is InChI=1S/C28H37N5O3/c1-20(2)24-18-32(28(30-19-29)31-23-11-7-6-9-21(23)3)15-16-33(24)27(34)12-8-10-22-13-14-25(35-4)26(17-22)36-5/h6-7,9,11,13-14,17,20,24H,8,10,12,15-16,18H2,1-5H3,(H,30,31). The van der Waals surface area contributed by atoms with Crippen molar-refractivity contribution >= 4 is 17.6 Å². The molecule has 0 bridgehead atoms. The second-order valence-corrected chi connectivity index (χ2v) is 9.36. The van der Waals surface area contributed by atoms with Crippen molar-refractivity contribution in [1.29, 1.82) is 5.26 Å². The largest absolute Gasteiger partial charge is 0.493 e. The third kappa shape index (κ3) is 6.69. The zero-order valence-electron chi connectivity index (χ0n) is 22.0. The van der Waals surface area contributed by atoms with Crippen molar-refractivity contribution < 1.29 is 14.3 Å². The van der Waals surface area contributed by atoms with Crippen molar-refractivity contribution in [3.8, 4) is 17.7 Å². The Morgan fingerprint density at radius 3 is 2.58 bits per heavy atom. The fraction of sp³-hybridized carbons (Fsp3) is 0.464. The quantitative estimate of drug-likeness (QED) is 0.333. The fourth-order valence-electron chi connectivity index (χ4n) is 4.56. The molecule has 1 heterocycles. The van der Waals surface area contributed by atoms with E-state index in [4.69, 9.17) is 9.47 Å². The minimum absolute atomic E-state index is 0.0369. The van der Waals surface area contributed by atoms with Gasteiger partial charge in [-0.25, -0.2) is 0 Å². The van der Waals surface area contributed by atoms with Crippen LogP contribution in [0.3, 0.4) is 0 Å². The molecule has 0 saturated carbocycles. The Labute approximate surface area is 214 Å². The topological polar surface area (TPSA) is 90.2 Å². The summed E-state index contributed by atoms with van der Waals surface area (Å²) < 4.78 is 10.7. The highest BCUT2D eigenvalue weighted by atomic mass is 16.5. The number of carbonyl (C=O) groups is 1. The van der Waals surface area contributed by atoms with Gasteiger partial charge >= 0.3 is 0 Å². The van der Waals surface area contributed by atoms with Crippen molar-refractivity contribution in [3.63, 3.8) is 0 Å². The first-order chi connectivity index (χ1) is 17.4. The summed E-state index contributed by atoms with van der Waals surface area (Å²) in [6, 6.07) is 13.8. The van der Waals surface area contributed by atoms with E-state index in [1.807, 2.05) is 60.5 Å². The first kappa shape index (κ1) is 26.9. The molecule has 0 radical (unpaired) electrons. The zero-order valence-corrected chi connectivity index (χ0v) is 22.0. The van der Waals surface area contributed by atoms with Crippen molar-refractivity contribution in [2.75, 3.05) is 39.2 Å². The summed E-state index contributed by atoms with van der Waals surface area (Å²) in [6.45, 7) is 8.12. The van der Waals surface area contributed by atoms with Gasteiger partial charge in [0.05, 0.1) is 20.3 Å². The summed E-state index contributed by atoms with van der Waals surface area (Å²) >= 11 is 0. The third-order valence-electron chi connectivity index (χ3n) is 6.66. The van der Waals surface area contributed by atoms with Crippen molar-refractivity contribution in [1.82, 2.24) is 9.80 Å². The number of aliphatic imine (C=N–C) groups is 1. The number of nitrogens with one attached hydrogen (secondary N) is 1. The van der Waals surface area contributed by atoms with Gasteiger partial charge in [0.1, 0.15) is 0 Å². The number of methoxy groups -OCH3 is 2. The highest BCUT2D eigenvalue weighted by molar-refractivity contribution is 5.95. The highest BCUT2D eigenvalue weighted by Gasteiger charge is 2.33. The van der Waals surface area contributed by atoms with Gasteiger partial charge in [0.15, 0.2) is 11.5 Å². The summed E-state index contributed by atoms with van der Waals surface area (Å²) in [4.78, 5) is 21.4. The smallest absolute Gasteiger partial charge is 0.222 e. The number of aryl methyl sites for hydroxylation is 2. The first-order valence-corrected chi connectivity index (χ1v) is 12.4. The number of hydrogen-bond donors (Lipinski definition) is 1. The highest BCUT2D eigenvalue weighted by Crippen LogP contribution is 2.28. The molecule has 1 unspecified atom stereocenters. The maximum absolute atomic E-state index is 13.2. The molecule has 2 aromatic carbocycles. The number of para-hydroxylation sites is 1. The van der Waals surface area contributed by atoms with E-state index in [1.54, 1.807) is 14.2 Å². The summed E-state index contributed by atoms with van der Waals surface area (Å²) in [5.41, 5.74) is 3.11. The average molecular weight is 492 g/mol. The van der Waals surface area contributed by atoms with Gasteiger partial charge in [-0.1, -0.05) is 38.1 Å². The Balaban J connectivity index is 1.62. The number of rotatable bonds is 8. The number of ether oxygens (including phenoxy) is 2. The Hall–Kier alpha value is -3.73. The lowest BCUT2D eigenvalue weighted by atomic mass is 9.98. The molecule has 1 aliphatic heterocycles. The molecule has 1 amide bonds. The maximum atomic E-state index is 13.2. The lowest BCUT2D eigenvalue weighted by Gasteiger charge is -2.44. The van der Waals surface area contributed by atoms with Gasteiger partial charge in [-0.05, 0) is 55.0 Å². The number of nitrogens with zero attached hydrogens (tertiary/aromatic N) is 4. The number of nitriles is 1. The molecular formula is C28H37N5O3. The van der Waals surface area contributed by atoms with Gasteiger partial charge in [-0.2, -0.15) is 5.26 Å². The van der Waals surface area contributed by atoms with Gasteiger partial charge < -0.3 is 24.6 Å². The van der Waals surface area contributed by atoms with E-state index in [1.165, 1.54) is 0 Å². The van der Waals surface area contributed by atoms with E-state index >= 15 is 0 Å². The second kappa shape index (κ2) is 12.8. The minimum atomic E-state index is 0.0369. The van der Waals surface area contributed by atoms with Crippen LogP contribution in [0.15, 0.2) is 47.5 Å². The van der Waals surface area contributed by atoms with E-state index in [0.717, 1.165) is 29.7 Å². The van der Waals surface area contributed by atoms with Gasteiger partial charge in [-0.3, -0.25) is 4.79 Å². The van der Waals surface area contributed by atoms with Gasteiger partial charge in [0.2, 0.25) is 18.1 Å². The molecule has 0 aromatic heterocycles. The molecule has 1 aliphatic rings. The molecule has 1 N–H and O–H groups in total. The Morgan fingerprint density at radius 1 is 1.17 bits per heavy atom. The van der Waals surface area contributed by atoms with E-state index in [0.29, 0.717) is 43.5 Å². The number of guanidine groups is 1. The van der Waals surface area contributed by atoms with Crippen LogP contribution in [0.5, 0.6) is 11.5 Å². The molecule has 8 nitrogen and oxygen atoms in total. The normalized spacial score (nSPS) is 16.0. The van der Waals surface area contributed by atoms with Gasteiger partial charge in [0.25, 0.3) is 0 Å². The first-order valence-electron chi connectivity index (χ1n) is 12.4. The van der Waals surface area contributed by atoms with Crippen LogP contribution in [-0.2, 0) is 11.2 Å². The van der Waals surface area contributed by atoms with Crippen LogP contribution in [0, 0.1) is 24.3 Å². The molecule has 36 heavy (non-hydrogen) atoms. The number of anilines is 1. The Bertz CT molecular complexity index is 1110. The van der Waals surface area contributed by atoms with Crippen LogP contribution in [-0.4, -0.2) is 61.6 Å². The molecular weight excluding hydrogens is 454 g/mol. The Kier molecular flexibility index (Phi) is 9.57. The number of carbonyl (C=O) groups excluding carboxylic acids is 1. The van der Waals surface area contributed by atoms with Gasteiger partial charge in [-0.15, -0.1) is 4.99 Å². The molecule has 1 atom stereocenters. The van der Waals surface area contributed by atoms with Gasteiger partial charge in [0, 0.05) is 31.7 Å². The Morgan fingerprint density at radius 2 is 1.92 bits per heavy atom. The zero-order chi connectivity index (χ0) is 26.1. The molecule has 8 heteroatoms. The molecule has 2 aromatic rings. The van der Waals surface area contributed by atoms with E-state index in [-0.39, 0.29) is 17.9 Å². The summed E-state index contributed by atoms with van der Waals surface area (Å²) in [5, 5.41) is 12.6. The maximum Gasteiger partial charge on any atom is 0.222 e. The van der Waals surface area contributed by atoms with Crippen LogP contribution < -0.4 is 14.8 Å². The van der Waals surface area contributed by atoms with Crippen molar-refractivity contribution in [2.45, 2.75) is 46.1 Å². The predicted molar refractivity (Wildman–Crippen MR) is 142 cm³/mol. The third-order valence-corrected chi connectivity index (χ3v) is 6.66. The van der Waals surface area contributed by atoms with E-state index < -0.39 is 0 Å². The van der Waals surface area contributed by atoms with Crippen LogP contribution in [0.4, 0.5) is 5.69 Å². The predicted octanol–water partition coefficient (Wildman–Crippen LogP) is 4.45. The lowest BCUT2D eigenvalue weighted by molar-refractivity contribution is -0.136. The summed E-state index contributed by atoms with van der Waals surface area (Å²) in [6.07, 6.45) is 3.96. The SMILES string of the molecule is COc1ccc(CCCC(=O)N2CCN(/C(=N\C#N)Nc3ccccc3C)CC2C(C)C)cc1OC. The molecule has 192 valence electrons. The number of hydrogen-bond acceptors (Lipinski definition) is 5. The monoisotopic (exact) mass is 491 g/mol. The van der Waals surface area contributed by atoms with Crippen LogP contribution in [0.1, 0.15) is 37.8 Å². The van der Waals surface area contributed by atoms with Crippen LogP contribution in [0.2, 0.25) is 0 Å². The fourth-order valence-corrected chi connectivity index (χ4v) is 4.56. The summed E-state index contributed by atoms with van der Waals surface area (Å²) in [5.74, 6) is 2.36. The molecule has 1 saturated heterocycles. The van der Waals surface area contributed by atoms with E-state index in [2.05, 4.69) is 29.1 Å². The molecule has 0 spiro atoms. The number of benzene rings is 2. The number of amides is 1. The van der Waals surface area contributed by atoms with Crippen LogP contribution >= 0.6 is 0 Å². The second-order valence-electron chi connectivity index (χ2n) is 9.36. The van der Waals surface area contributed by atoms with Crippen molar-refractivity contribution in [3.05, 3.63) is 53.6 Å². The number of piperazine rings is 1. The molecule has 1 fully saturated rings. The average Bonchev–Trinajstić information content (AvgIpc) is 2.89. The summed E-state index contributed by atoms with van der Waals surface area (Å²) in [7, 11) is 3.25. The minimum Gasteiger partial charge on any atom is -0.493 e. The molecule has 3 rings (SSSR count). The van der Waals surface area contributed by atoms with Crippen LogP contribution in [0.25, 0.3) is 0 Å². The molecule has 0 aliphatic carbocycles. The lowest BCUT2D eigenvalue weighted by Crippen LogP contribution is -2.59. The van der Waals surface area contributed by atoms with Crippen molar-refractivity contribution in [2.24, 2.45) is 10.9 Å².